The Labute approximate surface area is 130 Å². The summed E-state index contributed by atoms with van der Waals surface area (Å²) >= 11 is 0. The Hall–Kier alpha value is -1.84. The molecule has 0 aromatic heterocycles. The van der Waals surface area contributed by atoms with Gasteiger partial charge in [0.2, 0.25) is 11.8 Å². The van der Waals surface area contributed by atoms with Crippen LogP contribution in [0.1, 0.15) is 43.7 Å². The van der Waals surface area contributed by atoms with Crippen molar-refractivity contribution in [2.24, 2.45) is 17.8 Å². The molecule has 22 heavy (non-hydrogen) atoms. The van der Waals surface area contributed by atoms with Crippen molar-refractivity contribution in [3.8, 4) is 0 Å². The minimum absolute atomic E-state index is 0.0830. The molecule has 1 aliphatic heterocycles. The first kappa shape index (κ1) is 13.8. The van der Waals surface area contributed by atoms with E-state index in [1.54, 1.807) is 0 Å². The third kappa shape index (κ3) is 2.74. The van der Waals surface area contributed by atoms with Gasteiger partial charge < -0.3 is 10.6 Å². The summed E-state index contributed by atoms with van der Waals surface area (Å²) in [6.45, 7) is 0. The van der Waals surface area contributed by atoms with E-state index in [1.165, 1.54) is 12.8 Å². The summed E-state index contributed by atoms with van der Waals surface area (Å²) in [6, 6.07) is 9.79. The topological polar surface area (TPSA) is 58.2 Å². The zero-order valence-corrected chi connectivity index (χ0v) is 12.6. The largest absolute Gasteiger partial charge is 0.350 e. The molecule has 3 aliphatic rings. The van der Waals surface area contributed by atoms with E-state index in [2.05, 4.69) is 10.6 Å². The lowest BCUT2D eigenvalue weighted by atomic mass is 9.89. The normalized spacial score (nSPS) is 30.9. The molecule has 1 saturated heterocycles. The summed E-state index contributed by atoms with van der Waals surface area (Å²) < 4.78 is 0. The number of amides is 2. The van der Waals surface area contributed by atoms with Gasteiger partial charge in [0.05, 0.1) is 18.0 Å². The molecule has 2 amide bonds. The van der Waals surface area contributed by atoms with Crippen LogP contribution < -0.4 is 10.6 Å². The van der Waals surface area contributed by atoms with Crippen LogP contribution in [0.5, 0.6) is 0 Å². The van der Waals surface area contributed by atoms with Gasteiger partial charge in [-0.2, -0.15) is 0 Å². The summed E-state index contributed by atoms with van der Waals surface area (Å²) in [7, 11) is 0. The van der Waals surface area contributed by atoms with Crippen molar-refractivity contribution in [2.45, 2.75) is 44.2 Å². The third-order valence-corrected chi connectivity index (χ3v) is 5.13. The maximum absolute atomic E-state index is 12.4. The average Bonchev–Trinajstić information content (AvgIpc) is 3.42. The number of carbonyl (C=O) groups excluding carboxylic acids is 2. The maximum Gasteiger partial charge on any atom is 0.225 e. The molecule has 4 heteroatoms. The molecule has 116 valence electrons. The highest BCUT2D eigenvalue weighted by molar-refractivity contribution is 5.86. The van der Waals surface area contributed by atoms with Crippen LogP contribution in [0, 0.1) is 17.8 Å². The van der Waals surface area contributed by atoms with Crippen molar-refractivity contribution in [3.63, 3.8) is 0 Å². The van der Waals surface area contributed by atoms with Crippen LogP contribution in [0.3, 0.4) is 0 Å². The fourth-order valence-electron chi connectivity index (χ4n) is 3.47. The number of hydrogen-bond acceptors (Lipinski definition) is 2. The van der Waals surface area contributed by atoms with Gasteiger partial charge in [0.25, 0.3) is 0 Å². The minimum Gasteiger partial charge on any atom is -0.350 e. The fourth-order valence-corrected chi connectivity index (χ4v) is 3.47. The Bertz CT molecular complexity index is 578. The Morgan fingerprint density at radius 2 is 1.86 bits per heavy atom. The van der Waals surface area contributed by atoms with E-state index < -0.39 is 0 Å². The first-order valence-corrected chi connectivity index (χ1v) is 8.38. The second kappa shape index (κ2) is 5.41. The van der Waals surface area contributed by atoms with Crippen LogP contribution in [0.15, 0.2) is 30.3 Å². The zero-order chi connectivity index (χ0) is 15.1. The van der Waals surface area contributed by atoms with E-state index in [9.17, 15) is 9.59 Å². The quantitative estimate of drug-likeness (QED) is 0.875. The molecule has 1 aromatic rings. The predicted molar refractivity (Wildman–Crippen MR) is 82.8 cm³/mol. The van der Waals surface area contributed by atoms with Gasteiger partial charge in [-0.25, -0.2) is 0 Å². The van der Waals surface area contributed by atoms with Gasteiger partial charge >= 0.3 is 0 Å². The van der Waals surface area contributed by atoms with E-state index in [0.29, 0.717) is 5.92 Å². The number of nitrogens with one attached hydrogen (secondary N) is 2. The molecule has 0 unspecified atom stereocenters. The van der Waals surface area contributed by atoms with Crippen molar-refractivity contribution >= 4 is 11.8 Å². The number of rotatable bonds is 5. The van der Waals surface area contributed by atoms with Crippen LogP contribution in [-0.4, -0.2) is 17.9 Å². The second-order valence-corrected chi connectivity index (χ2v) is 6.99. The van der Waals surface area contributed by atoms with Gasteiger partial charge in [0.1, 0.15) is 0 Å². The zero-order valence-electron chi connectivity index (χ0n) is 12.6. The first-order chi connectivity index (χ1) is 10.7. The SMILES string of the molecule is O=C(N[C@H]1[C@H](CC2CC2)C(=O)N[C@@H]1c1ccccc1)C1CC1. The highest BCUT2D eigenvalue weighted by atomic mass is 16.2. The molecule has 2 saturated carbocycles. The highest BCUT2D eigenvalue weighted by Gasteiger charge is 2.46. The van der Waals surface area contributed by atoms with Crippen LogP contribution >= 0.6 is 0 Å². The summed E-state index contributed by atoms with van der Waals surface area (Å²) in [5.74, 6) is 0.991. The van der Waals surface area contributed by atoms with Crippen molar-refractivity contribution < 1.29 is 9.59 Å². The van der Waals surface area contributed by atoms with E-state index >= 15 is 0 Å². The monoisotopic (exact) mass is 298 g/mol. The molecule has 0 bridgehead atoms. The highest BCUT2D eigenvalue weighted by Crippen LogP contribution is 2.41. The van der Waals surface area contributed by atoms with Gasteiger partial charge in [-0.3, -0.25) is 9.59 Å². The Balaban J connectivity index is 1.57. The van der Waals surface area contributed by atoms with Gasteiger partial charge in [-0.05, 0) is 30.7 Å². The smallest absolute Gasteiger partial charge is 0.225 e. The molecule has 1 heterocycles. The lowest BCUT2D eigenvalue weighted by molar-refractivity contribution is -0.124. The molecule has 1 aromatic carbocycles. The number of benzene rings is 1. The molecule has 2 N–H and O–H groups in total. The average molecular weight is 298 g/mol. The molecular formula is C18H22N2O2. The predicted octanol–water partition coefficient (Wildman–Crippen LogP) is 2.17. The molecule has 4 nitrogen and oxygen atoms in total. The van der Waals surface area contributed by atoms with Crippen LogP contribution in [0.4, 0.5) is 0 Å². The second-order valence-electron chi connectivity index (χ2n) is 6.99. The fraction of sp³-hybridized carbons (Fsp3) is 0.556. The van der Waals surface area contributed by atoms with Crippen molar-refractivity contribution in [1.82, 2.24) is 10.6 Å². The molecule has 3 fully saturated rings. The standard InChI is InChI=1S/C18H22N2O2/c21-17(13-8-9-13)20-16-14(10-11-6-7-11)18(22)19-15(16)12-4-2-1-3-5-12/h1-5,11,13-16H,6-10H2,(H,19,22)(H,20,21)/t14-,15+,16-/m0/s1. The Morgan fingerprint density at radius 1 is 1.14 bits per heavy atom. The van der Waals surface area contributed by atoms with Crippen LogP contribution in [0.2, 0.25) is 0 Å². The van der Waals surface area contributed by atoms with Gasteiger partial charge in [-0.15, -0.1) is 0 Å². The lowest BCUT2D eigenvalue weighted by Crippen LogP contribution is -2.43. The summed E-state index contributed by atoms with van der Waals surface area (Å²) in [6.07, 6.45) is 5.34. The number of hydrogen-bond donors (Lipinski definition) is 2. The summed E-state index contributed by atoms with van der Waals surface area (Å²) in [5.41, 5.74) is 1.08. The first-order valence-electron chi connectivity index (χ1n) is 8.38. The molecule has 0 radical (unpaired) electrons. The van der Waals surface area contributed by atoms with Gasteiger partial charge in [0, 0.05) is 5.92 Å². The van der Waals surface area contributed by atoms with Gasteiger partial charge in [-0.1, -0.05) is 43.2 Å². The van der Waals surface area contributed by atoms with Crippen molar-refractivity contribution in [2.75, 3.05) is 0 Å². The van der Waals surface area contributed by atoms with E-state index in [4.69, 9.17) is 0 Å². The molecular weight excluding hydrogens is 276 g/mol. The lowest BCUT2D eigenvalue weighted by Gasteiger charge is -2.24. The van der Waals surface area contributed by atoms with Crippen LogP contribution in [-0.2, 0) is 9.59 Å². The maximum atomic E-state index is 12.4. The van der Waals surface area contributed by atoms with Crippen molar-refractivity contribution in [1.29, 1.82) is 0 Å². The molecule has 2 aliphatic carbocycles. The minimum atomic E-state index is -0.108. The summed E-state index contributed by atoms with van der Waals surface area (Å²) in [4.78, 5) is 24.7. The Morgan fingerprint density at radius 3 is 2.50 bits per heavy atom. The van der Waals surface area contributed by atoms with Gasteiger partial charge in [0.15, 0.2) is 0 Å². The number of carbonyl (C=O) groups is 2. The van der Waals surface area contributed by atoms with E-state index in [-0.39, 0.29) is 35.7 Å². The molecule has 4 rings (SSSR count). The molecule has 0 spiro atoms. The summed E-state index contributed by atoms with van der Waals surface area (Å²) in [5, 5.41) is 6.30. The Kier molecular flexibility index (Phi) is 3.40. The third-order valence-electron chi connectivity index (χ3n) is 5.13. The van der Waals surface area contributed by atoms with Crippen molar-refractivity contribution in [3.05, 3.63) is 35.9 Å². The van der Waals surface area contributed by atoms with E-state index in [0.717, 1.165) is 24.8 Å². The van der Waals surface area contributed by atoms with Crippen LogP contribution in [0.25, 0.3) is 0 Å². The van der Waals surface area contributed by atoms with E-state index in [1.807, 2.05) is 30.3 Å². The molecule has 3 atom stereocenters.